The van der Waals surface area contributed by atoms with Crippen LogP contribution in [0.3, 0.4) is 0 Å². The number of fused-ring (bicyclic) bond motifs is 3. The summed E-state index contributed by atoms with van der Waals surface area (Å²) in [6, 6.07) is 16.8. The van der Waals surface area contributed by atoms with Crippen molar-refractivity contribution in [3.8, 4) is 0 Å². The van der Waals surface area contributed by atoms with Crippen molar-refractivity contribution in [2.75, 3.05) is 23.8 Å². The molecule has 11 heteroatoms. The lowest BCUT2D eigenvalue weighted by Gasteiger charge is -2.31. The van der Waals surface area contributed by atoms with E-state index in [1.165, 1.54) is 12.1 Å². The summed E-state index contributed by atoms with van der Waals surface area (Å²) in [6.45, 7) is -0.855. The van der Waals surface area contributed by atoms with Gasteiger partial charge in [-0.3, -0.25) is 19.4 Å². The van der Waals surface area contributed by atoms with Crippen LogP contribution >= 0.6 is 11.6 Å². The van der Waals surface area contributed by atoms with E-state index < -0.39 is 24.3 Å². The molecule has 1 aliphatic carbocycles. The largest absolute Gasteiger partial charge is 0.480 e. The highest BCUT2D eigenvalue weighted by atomic mass is 35.5. The summed E-state index contributed by atoms with van der Waals surface area (Å²) in [5.41, 5.74) is 11.2. The zero-order chi connectivity index (χ0) is 27.7. The number of carboxylic acid groups (broad SMARTS) is 1. The molecule has 5 N–H and O–H groups in total. The van der Waals surface area contributed by atoms with Crippen LogP contribution in [0, 0.1) is 11.7 Å². The molecule has 1 heterocycles. The highest BCUT2D eigenvalue weighted by molar-refractivity contribution is 6.33. The molecule has 39 heavy (non-hydrogen) atoms. The first-order valence-electron chi connectivity index (χ1n) is 12.3. The van der Waals surface area contributed by atoms with Gasteiger partial charge in [-0.05, 0) is 66.4 Å². The summed E-state index contributed by atoms with van der Waals surface area (Å²) in [5, 5.41) is 20.7. The van der Waals surface area contributed by atoms with Gasteiger partial charge in [0, 0.05) is 17.0 Å². The van der Waals surface area contributed by atoms with Crippen LogP contribution in [0.2, 0.25) is 5.02 Å². The normalized spacial score (nSPS) is 17.6. The third kappa shape index (κ3) is 5.42. The van der Waals surface area contributed by atoms with Gasteiger partial charge in [0.2, 0.25) is 5.91 Å². The maximum atomic E-state index is 13.7. The minimum Gasteiger partial charge on any atom is -0.480 e. The maximum absolute atomic E-state index is 13.7. The highest BCUT2D eigenvalue weighted by Gasteiger charge is 2.42. The van der Waals surface area contributed by atoms with Gasteiger partial charge in [-0.1, -0.05) is 29.8 Å². The molecule has 2 amide bonds. The topological polar surface area (TPSA) is 137 Å². The van der Waals surface area contributed by atoms with Crippen molar-refractivity contribution < 1.29 is 23.9 Å². The van der Waals surface area contributed by atoms with Gasteiger partial charge in [0.1, 0.15) is 12.4 Å². The number of hydrazone groups is 1. The number of hydrogen-bond acceptors (Lipinski definition) is 6. The molecule has 200 valence electrons. The van der Waals surface area contributed by atoms with Crippen LogP contribution in [0.5, 0.6) is 0 Å². The van der Waals surface area contributed by atoms with E-state index in [0.29, 0.717) is 22.7 Å². The lowest BCUT2D eigenvalue weighted by molar-refractivity contribution is -0.137. The number of carboxylic acids is 1. The number of aliphatic carboxylic acids is 1. The first-order valence-corrected chi connectivity index (χ1v) is 12.7. The Kier molecular flexibility index (Phi) is 7.21. The van der Waals surface area contributed by atoms with Gasteiger partial charge >= 0.3 is 5.97 Å². The lowest BCUT2D eigenvalue weighted by Crippen LogP contribution is -2.39. The molecule has 2 atom stereocenters. The van der Waals surface area contributed by atoms with E-state index in [2.05, 4.69) is 10.6 Å². The standard InChI is InChI=1S/C28H25ClFN5O4/c29-22-12-19(7-10-23(22)31)35-27(15-1-5-18(30)6-2-15)21-9-3-16-11-17(4-8-20(16)26(21)34-35)28(39)33-13-24(36)32-14-25(37)38/h1-2,4-8,10-12,21,27H,3,9,13-14,31H2,(H,32,36)(H,33,39)(H,37,38)/t21-,27+/m1/s1. The van der Waals surface area contributed by atoms with Gasteiger partial charge in [0.15, 0.2) is 0 Å². The number of benzene rings is 3. The van der Waals surface area contributed by atoms with Gasteiger partial charge in [0.25, 0.3) is 5.91 Å². The van der Waals surface area contributed by atoms with Crippen LogP contribution in [0.25, 0.3) is 0 Å². The number of carbonyl (C=O) groups is 3. The Morgan fingerprint density at radius 3 is 2.54 bits per heavy atom. The highest BCUT2D eigenvalue weighted by Crippen LogP contribution is 2.46. The van der Waals surface area contributed by atoms with E-state index in [1.807, 2.05) is 17.1 Å². The number of nitrogens with one attached hydrogen (secondary N) is 2. The number of aryl methyl sites for hydroxylation is 1. The monoisotopic (exact) mass is 549 g/mol. The van der Waals surface area contributed by atoms with Crippen LogP contribution in [-0.4, -0.2) is 41.7 Å². The van der Waals surface area contributed by atoms with Crippen molar-refractivity contribution in [3.05, 3.63) is 93.8 Å². The SMILES string of the molecule is Nc1ccc(N2N=C3c4ccc(C(=O)NCC(=O)NCC(=O)O)cc4CC[C@H]3[C@@H]2c2ccc(F)cc2)cc1Cl. The van der Waals surface area contributed by atoms with Gasteiger partial charge < -0.3 is 21.5 Å². The van der Waals surface area contributed by atoms with E-state index in [0.717, 1.165) is 34.5 Å². The molecule has 3 aromatic carbocycles. The smallest absolute Gasteiger partial charge is 0.322 e. The average Bonchev–Trinajstić information content (AvgIpc) is 3.32. The average molecular weight is 550 g/mol. The van der Waals surface area contributed by atoms with Crippen molar-refractivity contribution in [2.24, 2.45) is 11.0 Å². The Morgan fingerprint density at radius 2 is 1.82 bits per heavy atom. The molecule has 0 saturated heterocycles. The summed E-state index contributed by atoms with van der Waals surface area (Å²) < 4.78 is 13.7. The van der Waals surface area contributed by atoms with Crippen molar-refractivity contribution >= 4 is 46.5 Å². The number of amides is 2. The molecule has 0 radical (unpaired) electrons. The Labute approximate surface area is 228 Å². The van der Waals surface area contributed by atoms with Crippen LogP contribution in [0.1, 0.15) is 39.5 Å². The molecule has 0 unspecified atom stereocenters. The predicted molar refractivity (Wildman–Crippen MR) is 145 cm³/mol. The van der Waals surface area contributed by atoms with Crippen LogP contribution in [0.15, 0.2) is 65.8 Å². The number of nitrogens with two attached hydrogens (primary N) is 1. The van der Waals surface area contributed by atoms with Gasteiger partial charge in [0.05, 0.1) is 34.7 Å². The van der Waals surface area contributed by atoms with Crippen LogP contribution < -0.4 is 21.4 Å². The summed E-state index contributed by atoms with van der Waals surface area (Å²) in [6.07, 6.45) is 1.43. The molecular formula is C28H25ClFN5O4. The zero-order valence-corrected chi connectivity index (χ0v) is 21.4. The third-order valence-corrected chi connectivity index (χ3v) is 7.21. The molecule has 3 aromatic rings. The number of nitrogen functional groups attached to an aromatic ring is 1. The number of rotatable bonds is 7. The fourth-order valence-corrected chi connectivity index (χ4v) is 5.21. The van der Waals surface area contributed by atoms with Crippen molar-refractivity contribution in [2.45, 2.75) is 18.9 Å². The fourth-order valence-electron chi connectivity index (χ4n) is 5.03. The number of halogens is 2. The Bertz CT molecular complexity index is 1490. The van der Waals surface area contributed by atoms with E-state index in [1.54, 1.807) is 36.4 Å². The summed E-state index contributed by atoms with van der Waals surface area (Å²) >= 11 is 6.33. The number of anilines is 2. The number of nitrogens with zero attached hydrogens (tertiary/aromatic N) is 2. The van der Waals surface area contributed by atoms with E-state index in [-0.39, 0.29) is 24.3 Å². The van der Waals surface area contributed by atoms with Crippen molar-refractivity contribution in [1.29, 1.82) is 0 Å². The quantitative estimate of drug-likeness (QED) is 0.333. The van der Waals surface area contributed by atoms with Crippen LogP contribution in [-0.2, 0) is 16.0 Å². The molecule has 0 saturated carbocycles. The predicted octanol–water partition coefficient (Wildman–Crippen LogP) is 3.52. The molecule has 0 fully saturated rings. The molecule has 9 nitrogen and oxygen atoms in total. The second-order valence-electron chi connectivity index (χ2n) is 9.40. The maximum Gasteiger partial charge on any atom is 0.322 e. The fraction of sp³-hybridized carbons (Fsp3) is 0.214. The molecule has 5 rings (SSSR count). The summed E-state index contributed by atoms with van der Waals surface area (Å²) in [7, 11) is 0. The van der Waals surface area contributed by atoms with Crippen molar-refractivity contribution in [1.82, 2.24) is 10.6 Å². The Hall–Kier alpha value is -4.44. The Morgan fingerprint density at radius 1 is 1.05 bits per heavy atom. The second-order valence-corrected chi connectivity index (χ2v) is 9.81. The second kappa shape index (κ2) is 10.7. The number of hydrogen-bond donors (Lipinski definition) is 4. The van der Waals surface area contributed by atoms with E-state index in [9.17, 15) is 18.8 Å². The lowest BCUT2D eigenvalue weighted by atomic mass is 9.77. The summed E-state index contributed by atoms with van der Waals surface area (Å²) in [5.74, 6) is -2.52. The van der Waals surface area contributed by atoms with E-state index in [4.69, 9.17) is 27.5 Å². The third-order valence-electron chi connectivity index (χ3n) is 6.89. The molecule has 0 bridgehead atoms. The first kappa shape index (κ1) is 26.2. The van der Waals surface area contributed by atoms with E-state index >= 15 is 0 Å². The molecule has 0 aromatic heterocycles. The molecular weight excluding hydrogens is 525 g/mol. The molecule has 1 aliphatic heterocycles. The number of carbonyl (C=O) groups excluding carboxylic acids is 2. The first-order chi connectivity index (χ1) is 18.7. The van der Waals surface area contributed by atoms with Gasteiger partial charge in [-0.25, -0.2) is 4.39 Å². The molecule has 2 aliphatic rings. The van der Waals surface area contributed by atoms with Gasteiger partial charge in [-0.15, -0.1) is 0 Å². The zero-order valence-electron chi connectivity index (χ0n) is 20.7. The minimum absolute atomic E-state index is 0.0110. The van der Waals surface area contributed by atoms with Gasteiger partial charge in [-0.2, -0.15) is 5.10 Å². The van der Waals surface area contributed by atoms with Crippen LogP contribution in [0.4, 0.5) is 15.8 Å². The summed E-state index contributed by atoms with van der Waals surface area (Å²) in [4.78, 5) is 35.0. The molecule has 0 spiro atoms. The Balaban J connectivity index is 1.42. The van der Waals surface area contributed by atoms with Crippen molar-refractivity contribution in [3.63, 3.8) is 0 Å². The minimum atomic E-state index is -1.17.